The van der Waals surface area contributed by atoms with E-state index in [-0.39, 0.29) is 18.4 Å². The zero-order valence-corrected chi connectivity index (χ0v) is 17.6. The van der Waals surface area contributed by atoms with E-state index in [4.69, 9.17) is 4.74 Å². The lowest BCUT2D eigenvalue weighted by Gasteiger charge is -2.09. The first-order valence-electron chi connectivity index (χ1n) is 9.32. The van der Waals surface area contributed by atoms with Crippen molar-refractivity contribution in [2.45, 2.75) is 26.3 Å². The number of rotatable bonds is 8. The van der Waals surface area contributed by atoms with Gasteiger partial charge in [0.2, 0.25) is 5.91 Å². The highest BCUT2D eigenvalue weighted by molar-refractivity contribution is 9.10. The molecule has 0 aliphatic carbocycles. The summed E-state index contributed by atoms with van der Waals surface area (Å²) < 4.78 is 7.77. The van der Waals surface area contributed by atoms with Crippen LogP contribution in [-0.4, -0.2) is 29.3 Å². The van der Waals surface area contributed by atoms with E-state index in [1.54, 1.807) is 35.0 Å². The molecule has 0 saturated heterocycles. The predicted octanol–water partition coefficient (Wildman–Crippen LogP) is 4.81. The number of unbranched alkanes of at least 4 members (excludes halogenated alkanes) is 1. The molecule has 3 aromatic rings. The summed E-state index contributed by atoms with van der Waals surface area (Å²) in [4.78, 5) is 35.7. The van der Waals surface area contributed by atoms with Crippen LogP contribution in [0.4, 0.5) is 5.69 Å². The minimum Gasteiger partial charge on any atom is -0.462 e. The smallest absolute Gasteiger partial charge is 0.338 e. The summed E-state index contributed by atoms with van der Waals surface area (Å²) in [6.07, 6.45) is 4.23. The molecule has 0 fully saturated rings. The number of carbonyl (C=O) groups is 3. The van der Waals surface area contributed by atoms with Crippen molar-refractivity contribution in [1.29, 1.82) is 0 Å². The maximum absolute atomic E-state index is 12.5. The van der Waals surface area contributed by atoms with Crippen molar-refractivity contribution in [3.05, 3.63) is 64.3 Å². The van der Waals surface area contributed by atoms with Gasteiger partial charge in [0.1, 0.15) is 6.54 Å². The fourth-order valence-corrected chi connectivity index (χ4v) is 3.32. The number of aromatic nitrogens is 1. The molecular formula is C22H21BrN2O4. The van der Waals surface area contributed by atoms with Crippen molar-refractivity contribution in [1.82, 2.24) is 4.57 Å². The molecule has 2 aromatic carbocycles. The van der Waals surface area contributed by atoms with Gasteiger partial charge in [-0.2, -0.15) is 0 Å². The Balaban J connectivity index is 1.66. The van der Waals surface area contributed by atoms with Crippen LogP contribution in [0.3, 0.4) is 0 Å². The summed E-state index contributed by atoms with van der Waals surface area (Å²) in [6.45, 7) is 2.49. The molecule has 29 heavy (non-hydrogen) atoms. The fourth-order valence-electron chi connectivity index (χ4n) is 2.96. The molecule has 0 aliphatic heterocycles. The van der Waals surface area contributed by atoms with Gasteiger partial charge in [-0.05, 0) is 48.9 Å². The van der Waals surface area contributed by atoms with E-state index in [1.165, 1.54) is 0 Å². The molecule has 1 heterocycles. The van der Waals surface area contributed by atoms with Gasteiger partial charge in [-0.3, -0.25) is 9.59 Å². The molecule has 6 nitrogen and oxygen atoms in total. The third-order valence-electron chi connectivity index (χ3n) is 4.45. The lowest BCUT2D eigenvalue weighted by Crippen LogP contribution is -2.18. The quantitative estimate of drug-likeness (QED) is 0.299. The Morgan fingerprint density at radius 3 is 2.62 bits per heavy atom. The van der Waals surface area contributed by atoms with Gasteiger partial charge in [-0.25, -0.2) is 4.79 Å². The Bertz CT molecular complexity index is 1040. The van der Waals surface area contributed by atoms with Gasteiger partial charge in [0.15, 0.2) is 6.29 Å². The second-order valence-electron chi connectivity index (χ2n) is 6.61. The van der Waals surface area contributed by atoms with E-state index in [2.05, 4.69) is 21.2 Å². The first kappa shape index (κ1) is 20.8. The molecule has 1 amide bonds. The molecule has 0 bridgehead atoms. The minimum absolute atomic E-state index is 0.0623. The van der Waals surface area contributed by atoms with Crippen LogP contribution in [0.25, 0.3) is 10.9 Å². The molecule has 7 heteroatoms. The monoisotopic (exact) mass is 456 g/mol. The van der Waals surface area contributed by atoms with Crippen molar-refractivity contribution in [2.75, 3.05) is 11.9 Å². The number of halogens is 1. The largest absolute Gasteiger partial charge is 0.462 e. The van der Waals surface area contributed by atoms with E-state index in [9.17, 15) is 14.4 Å². The third kappa shape index (κ3) is 5.12. The summed E-state index contributed by atoms with van der Waals surface area (Å²) >= 11 is 3.40. The molecule has 0 radical (unpaired) electrons. The molecular weight excluding hydrogens is 436 g/mol. The van der Waals surface area contributed by atoms with E-state index < -0.39 is 0 Å². The number of hydrogen-bond acceptors (Lipinski definition) is 4. The van der Waals surface area contributed by atoms with Gasteiger partial charge in [-0.1, -0.05) is 29.3 Å². The number of nitrogens with zero attached hydrogens (tertiary/aromatic N) is 1. The van der Waals surface area contributed by atoms with Crippen LogP contribution in [-0.2, 0) is 16.1 Å². The van der Waals surface area contributed by atoms with Crippen molar-refractivity contribution >= 4 is 50.7 Å². The topological polar surface area (TPSA) is 77.4 Å². The van der Waals surface area contributed by atoms with Crippen LogP contribution in [0.15, 0.2) is 53.1 Å². The standard InChI is InChI=1S/C22H21BrN2O4/c1-2-3-10-29-22(28)15-4-7-18(8-5-15)24-21(27)13-25-12-16(14-26)19-11-17(23)6-9-20(19)25/h4-9,11-12,14H,2-3,10,13H2,1H3,(H,24,27). The molecule has 1 aromatic heterocycles. The number of carbonyl (C=O) groups excluding carboxylic acids is 3. The fraction of sp³-hybridized carbons (Fsp3) is 0.227. The van der Waals surface area contributed by atoms with Crippen molar-refractivity contribution in [3.63, 3.8) is 0 Å². The molecule has 3 rings (SSSR count). The van der Waals surface area contributed by atoms with E-state index in [0.29, 0.717) is 23.4 Å². The predicted molar refractivity (Wildman–Crippen MR) is 115 cm³/mol. The summed E-state index contributed by atoms with van der Waals surface area (Å²) in [5.74, 6) is -0.608. The zero-order chi connectivity index (χ0) is 20.8. The highest BCUT2D eigenvalue weighted by Crippen LogP contribution is 2.24. The number of fused-ring (bicyclic) bond motifs is 1. The first-order valence-corrected chi connectivity index (χ1v) is 10.1. The molecule has 0 aliphatic rings. The Morgan fingerprint density at radius 1 is 1.17 bits per heavy atom. The zero-order valence-electron chi connectivity index (χ0n) is 16.0. The molecule has 0 unspecified atom stereocenters. The van der Waals surface area contributed by atoms with Crippen molar-refractivity contribution in [3.8, 4) is 0 Å². The van der Waals surface area contributed by atoms with Crippen LogP contribution in [0.1, 0.15) is 40.5 Å². The van der Waals surface area contributed by atoms with Gasteiger partial charge < -0.3 is 14.6 Å². The van der Waals surface area contributed by atoms with Gasteiger partial charge in [-0.15, -0.1) is 0 Å². The van der Waals surface area contributed by atoms with Crippen LogP contribution in [0, 0.1) is 0 Å². The van der Waals surface area contributed by atoms with Gasteiger partial charge in [0, 0.05) is 32.8 Å². The second-order valence-corrected chi connectivity index (χ2v) is 7.52. The maximum Gasteiger partial charge on any atom is 0.338 e. The summed E-state index contributed by atoms with van der Waals surface area (Å²) in [5.41, 5.74) is 2.35. The number of esters is 1. The van der Waals surface area contributed by atoms with Crippen LogP contribution >= 0.6 is 15.9 Å². The van der Waals surface area contributed by atoms with Gasteiger partial charge >= 0.3 is 5.97 Å². The maximum atomic E-state index is 12.5. The molecule has 0 saturated carbocycles. The Kier molecular flexibility index (Phi) is 6.82. The Morgan fingerprint density at radius 2 is 1.93 bits per heavy atom. The Hall–Kier alpha value is -2.93. The lowest BCUT2D eigenvalue weighted by atomic mass is 10.2. The number of nitrogens with one attached hydrogen (secondary N) is 1. The number of ether oxygens (including phenoxy) is 1. The summed E-state index contributed by atoms with van der Waals surface area (Å²) in [6, 6.07) is 12.1. The number of anilines is 1. The van der Waals surface area contributed by atoms with Gasteiger partial charge in [0.25, 0.3) is 0 Å². The average molecular weight is 457 g/mol. The van der Waals surface area contributed by atoms with Crippen LogP contribution in [0.5, 0.6) is 0 Å². The van der Waals surface area contributed by atoms with Crippen molar-refractivity contribution < 1.29 is 19.1 Å². The number of benzene rings is 2. The first-order chi connectivity index (χ1) is 14.0. The molecule has 0 spiro atoms. The van der Waals surface area contributed by atoms with E-state index in [1.807, 2.05) is 25.1 Å². The molecule has 150 valence electrons. The normalized spacial score (nSPS) is 10.7. The molecule has 1 N–H and O–H groups in total. The third-order valence-corrected chi connectivity index (χ3v) is 4.94. The minimum atomic E-state index is -0.373. The van der Waals surface area contributed by atoms with Gasteiger partial charge in [0.05, 0.1) is 12.2 Å². The Labute approximate surface area is 177 Å². The molecule has 0 atom stereocenters. The van der Waals surface area contributed by atoms with E-state index >= 15 is 0 Å². The average Bonchev–Trinajstić information content (AvgIpc) is 3.05. The summed E-state index contributed by atoms with van der Waals surface area (Å²) in [5, 5.41) is 3.59. The number of hydrogen-bond donors (Lipinski definition) is 1. The lowest BCUT2D eigenvalue weighted by molar-refractivity contribution is -0.116. The highest BCUT2D eigenvalue weighted by Gasteiger charge is 2.12. The van der Waals surface area contributed by atoms with Crippen LogP contribution in [0.2, 0.25) is 0 Å². The number of aldehydes is 1. The highest BCUT2D eigenvalue weighted by atomic mass is 79.9. The van der Waals surface area contributed by atoms with Crippen molar-refractivity contribution in [2.24, 2.45) is 0 Å². The van der Waals surface area contributed by atoms with E-state index in [0.717, 1.165) is 34.5 Å². The summed E-state index contributed by atoms with van der Waals surface area (Å²) in [7, 11) is 0. The second kappa shape index (κ2) is 9.52. The van der Waals surface area contributed by atoms with Crippen LogP contribution < -0.4 is 5.32 Å². The number of amides is 1. The SMILES string of the molecule is CCCCOC(=O)c1ccc(NC(=O)Cn2cc(C=O)c3cc(Br)ccc32)cc1.